The van der Waals surface area contributed by atoms with Crippen LogP contribution >= 0.6 is 0 Å². The van der Waals surface area contributed by atoms with Crippen molar-refractivity contribution < 1.29 is 0 Å². The van der Waals surface area contributed by atoms with Crippen molar-refractivity contribution in [2.24, 2.45) is 0 Å². The number of rotatable bonds is 2. The lowest BCUT2D eigenvalue weighted by Crippen LogP contribution is -2.34. The van der Waals surface area contributed by atoms with Gasteiger partial charge in [-0.1, -0.05) is 31.2 Å². The van der Waals surface area contributed by atoms with E-state index in [1.54, 1.807) is 0 Å². The molecular formula is C11H15N. The Morgan fingerprint density at radius 3 is 2.92 bits per heavy atom. The molecule has 1 aromatic carbocycles. The van der Waals surface area contributed by atoms with Crippen LogP contribution in [0.4, 0.5) is 0 Å². The molecule has 0 bridgehead atoms. The molecule has 0 unspecified atom stereocenters. The minimum absolute atomic E-state index is 0.636. The molecule has 1 heterocycles. The summed E-state index contributed by atoms with van der Waals surface area (Å²) in [5.41, 5.74) is 2.90. The van der Waals surface area contributed by atoms with Crippen LogP contribution in [0.15, 0.2) is 24.3 Å². The second-order valence-electron chi connectivity index (χ2n) is 3.39. The van der Waals surface area contributed by atoms with Gasteiger partial charge in [-0.15, -0.1) is 0 Å². The third-order valence-corrected chi connectivity index (χ3v) is 2.59. The number of hydrogen-bond donors (Lipinski definition) is 1. The third-order valence-electron chi connectivity index (χ3n) is 2.59. The fourth-order valence-electron chi connectivity index (χ4n) is 1.60. The van der Waals surface area contributed by atoms with Crippen LogP contribution < -0.4 is 5.32 Å². The van der Waals surface area contributed by atoms with E-state index in [0.29, 0.717) is 6.04 Å². The van der Waals surface area contributed by atoms with Gasteiger partial charge in [-0.3, -0.25) is 0 Å². The normalized spacial score (nSPS) is 21.9. The van der Waals surface area contributed by atoms with Crippen LogP contribution in [0.5, 0.6) is 0 Å². The van der Waals surface area contributed by atoms with Crippen LogP contribution in [-0.2, 0) is 6.42 Å². The summed E-state index contributed by atoms with van der Waals surface area (Å²) >= 11 is 0. The molecule has 1 aliphatic rings. The Morgan fingerprint density at radius 1 is 1.50 bits per heavy atom. The van der Waals surface area contributed by atoms with E-state index in [-0.39, 0.29) is 0 Å². The van der Waals surface area contributed by atoms with Gasteiger partial charge >= 0.3 is 0 Å². The lowest BCUT2D eigenvalue weighted by molar-refractivity contribution is 0.383. The quantitative estimate of drug-likeness (QED) is 0.701. The van der Waals surface area contributed by atoms with Crippen LogP contribution in [0.3, 0.4) is 0 Å². The van der Waals surface area contributed by atoms with Crippen molar-refractivity contribution in [2.45, 2.75) is 25.8 Å². The van der Waals surface area contributed by atoms with Crippen molar-refractivity contribution in [1.29, 1.82) is 0 Å². The molecule has 0 aromatic heterocycles. The molecule has 1 atom stereocenters. The van der Waals surface area contributed by atoms with Crippen molar-refractivity contribution in [3.63, 3.8) is 0 Å². The maximum Gasteiger partial charge on any atom is 0.0332 e. The molecule has 1 N–H and O–H groups in total. The first kappa shape index (κ1) is 7.81. The van der Waals surface area contributed by atoms with Gasteiger partial charge in [0.2, 0.25) is 0 Å². The SMILES string of the molecule is CCc1cccc([C@@H]2CCN2)c1. The number of aryl methyl sites for hydroxylation is 1. The van der Waals surface area contributed by atoms with Crippen LogP contribution in [0.25, 0.3) is 0 Å². The fourth-order valence-corrected chi connectivity index (χ4v) is 1.60. The van der Waals surface area contributed by atoms with Gasteiger partial charge in [0.15, 0.2) is 0 Å². The van der Waals surface area contributed by atoms with Gasteiger partial charge in [-0.05, 0) is 30.5 Å². The van der Waals surface area contributed by atoms with E-state index in [9.17, 15) is 0 Å². The van der Waals surface area contributed by atoms with Gasteiger partial charge in [-0.25, -0.2) is 0 Å². The van der Waals surface area contributed by atoms with E-state index < -0.39 is 0 Å². The van der Waals surface area contributed by atoms with Crippen molar-refractivity contribution in [3.8, 4) is 0 Å². The van der Waals surface area contributed by atoms with Gasteiger partial charge in [0, 0.05) is 6.04 Å². The number of nitrogens with one attached hydrogen (secondary N) is 1. The van der Waals surface area contributed by atoms with Gasteiger partial charge in [-0.2, -0.15) is 0 Å². The van der Waals surface area contributed by atoms with Gasteiger partial charge < -0.3 is 5.32 Å². The minimum Gasteiger partial charge on any atom is -0.310 e. The first-order valence-electron chi connectivity index (χ1n) is 4.72. The summed E-state index contributed by atoms with van der Waals surface area (Å²) in [6.45, 7) is 3.38. The van der Waals surface area contributed by atoms with E-state index in [0.717, 1.165) is 6.42 Å². The van der Waals surface area contributed by atoms with Crippen LogP contribution in [0, 0.1) is 0 Å². The Labute approximate surface area is 73.8 Å². The molecule has 1 heteroatoms. The van der Waals surface area contributed by atoms with E-state index >= 15 is 0 Å². The van der Waals surface area contributed by atoms with Crippen LogP contribution in [-0.4, -0.2) is 6.54 Å². The molecule has 12 heavy (non-hydrogen) atoms. The zero-order valence-electron chi connectivity index (χ0n) is 7.51. The highest BCUT2D eigenvalue weighted by Crippen LogP contribution is 2.23. The average molecular weight is 161 g/mol. The van der Waals surface area contributed by atoms with Crippen molar-refractivity contribution in [2.75, 3.05) is 6.54 Å². The largest absolute Gasteiger partial charge is 0.310 e. The molecule has 0 saturated carbocycles. The standard InChI is InChI=1S/C11H15N/c1-2-9-4-3-5-10(8-9)11-6-7-12-11/h3-5,8,11-12H,2,6-7H2,1H3/t11-/m0/s1. The van der Waals surface area contributed by atoms with Gasteiger partial charge in [0.25, 0.3) is 0 Å². The summed E-state index contributed by atoms with van der Waals surface area (Å²) in [7, 11) is 0. The zero-order chi connectivity index (χ0) is 8.39. The highest BCUT2D eigenvalue weighted by Gasteiger charge is 2.17. The molecule has 1 saturated heterocycles. The summed E-state index contributed by atoms with van der Waals surface area (Å²) in [5, 5.41) is 3.41. The highest BCUT2D eigenvalue weighted by molar-refractivity contribution is 5.27. The second-order valence-corrected chi connectivity index (χ2v) is 3.39. The Morgan fingerprint density at radius 2 is 2.33 bits per heavy atom. The van der Waals surface area contributed by atoms with Gasteiger partial charge in [0.1, 0.15) is 0 Å². The second kappa shape index (κ2) is 3.28. The first-order valence-corrected chi connectivity index (χ1v) is 4.72. The summed E-state index contributed by atoms with van der Waals surface area (Å²) in [4.78, 5) is 0. The van der Waals surface area contributed by atoms with Crippen molar-refractivity contribution in [3.05, 3.63) is 35.4 Å². The smallest absolute Gasteiger partial charge is 0.0332 e. The monoisotopic (exact) mass is 161 g/mol. The molecule has 64 valence electrons. The summed E-state index contributed by atoms with van der Waals surface area (Å²) in [5.74, 6) is 0. The zero-order valence-corrected chi connectivity index (χ0v) is 7.51. The lowest BCUT2D eigenvalue weighted by atomic mass is 9.96. The summed E-state index contributed by atoms with van der Waals surface area (Å²) in [6, 6.07) is 9.53. The molecule has 1 aromatic rings. The maximum absolute atomic E-state index is 3.41. The van der Waals surface area contributed by atoms with E-state index in [2.05, 4.69) is 36.5 Å². The topological polar surface area (TPSA) is 12.0 Å². The minimum atomic E-state index is 0.636. The fraction of sp³-hybridized carbons (Fsp3) is 0.455. The summed E-state index contributed by atoms with van der Waals surface area (Å²) in [6.07, 6.45) is 2.44. The maximum atomic E-state index is 3.41. The highest BCUT2D eigenvalue weighted by atomic mass is 15.0. The van der Waals surface area contributed by atoms with Crippen LogP contribution in [0.2, 0.25) is 0 Å². The van der Waals surface area contributed by atoms with Crippen molar-refractivity contribution >= 4 is 0 Å². The number of hydrogen-bond acceptors (Lipinski definition) is 1. The molecule has 1 fully saturated rings. The predicted molar refractivity (Wildman–Crippen MR) is 51.2 cm³/mol. The molecule has 0 radical (unpaired) electrons. The Hall–Kier alpha value is -0.820. The van der Waals surface area contributed by atoms with Crippen molar-refractivity contribution in [1.82, 2.24) is 5.32 Å². The Bertz CT molecular complexity index is 263. The number of benzene rings is 1. The Balaban J connectivity index is 2.19. The van der Waals surface area contributed by atoms with E-state index in [1.807, 2.05) is 0 Å². The molecule has 2 rings (SSSR count). The third kappa shape index (κ3) is 1.37. The molecule has 1 nitrogen and oxygen atoms in total. The van der Waals surface area contributed by atoms with E-state index in [4.69, 9.17) is 0 Å². The molecule has 0 aliphatic carbocycles. The van der Waals surface area contributed by atoms with Gasteiger partial charge in [0.05, 0.1) is 0 Å². The molecular weight excluding hydrogens is 146 g/mol. The lowest BCUT2D eigenvalue weighted by Gasteiger charge is -2.28. The average Bonchev–Trinajstić information content (AvgIpc) is 2.02. The predicted octanol–water partition coefficient (Wildman–Crippen LogP) is 2.28. The molecule has 0 spiro atoms. The van der Waals surface area contributed by atoms with Crippen LogP contribution in [0.1, 0.15) is 30.5 Å². The first-order chi connectivity index (χ1) is 5.90. The van der Waals surface area contributed by atoms with E-state index in [1.165, 1.54) is 24.1 Å². The Kier molecular flexibility index (Phi) is 2.13. The molecule has 1 aliphatic heterocycles. The summed E-state index contributed by atoms with van der Waals surface area (Å²) < 4.78 is 0. The molecule has 0 amide bonds.